The van der Waals surface area contributed by atoms with Crippen LogP contribution in [0.2, 0.25) is 0 Å². The van der Waals surface area contributed by atoms with E-state index in [1.165, 1.54) is 0 Å². The van der Waals surface area contributed by atoms with Crippen LogP contribution in [0.4, 0.5) is 0 Å². The molecule has 3 aromatic rings. The molecule has 0 atom stereocenters. The molecule has 19 heavy (non-hydrogen) atoms. The van der Waals surface area contributed by atoms with E-state index in [1.807, 2.05) is 24.3 Å². The SMILES string of the molecule is COc1ccc2nc(Sc3ccncc3Br)[nH]c2c1. The fourth-order valence-electron chi connectivity index (χ4n) is 1.69. The summed E-state index contributed by atoms with van der Waals surface area (Å²) in [5.74, 6) is 0.817. The summed E-state index contributed by atoms with van der Waals surface area (Å²) in [5, 5.41) is 0.843. The van der Waals surface area contributed by atoms with Crippen molar-refractivity contribution in [3.8, 4) is 5.75 Å². The van der Waals surface area contributed by atoms with Crippen LogP contribution in [0, 0.1) is 0 Å². The van der Waals surface area contributed by atoms with Crippen molar-refractivity contribution in [3.05, 3.63) is 41.1 Å². The molecule has 1 aromatic carbocycles. The van der Waals surface area contributed by atoms with Crippen LogP contribution in [0.25, 0.3) is 11.0 Å². The second-order valence-corrected chi connectivity index (χ2v) is 5.72. The number of pyridine rings is 1. The lowest BCUT2D eigenvalue weighted by molar-refractivity contribution is 0.415. The van der Waals surface area contributed by atoms with Gasteiger partial charge in [-0.1, -0.05) is 11.8 Å². The first-order valence-electron chi connectivity index (χ1n) is 5.57. The molecule has 0 radical (unpaired) electrons. The van der Waals surface area contributed by atoms with Gasteiger partial charge in [0.2, 0.25) is 0 Å². The van der Waals surface area contributed by atoms with Gasteiger partial charge in [0.25, 0.3) is 0 Å². The van der Waals surface area contributed by atoms with E-state index in [0.29, 0.717) is 0 Å². The lowest BCUT2D eigenvalue weighted by Gasteiger charge is -1.99. The number of methoxy groups -OCH3 is 1. The molecular weight excluding hydrogens is 326 g/mol. The molecule has 0 saturated heterocycles. The smallest absolute Gasteiger partial charge is 0.171 e. The number of imidazole rings is 1. The van der Waals surface area contributed by atoms with Crippen molar-refractivity contribution < 1.29 is 4.74 Å². The molecule has 0 aliphatic carbocycles. The highest BCUT2D eigenvalue weighted by atomic mass is 79.9. The van der Waals surface area contributed by atoms with E-state index in [2.05, 4.69) is 30.9 Å². The van der Waals surface area contributed by atoms with Crippen LogP contribution in [0.1, 0.15) is 0 Å². The van der Waals surface area contributed by atoms with Crippen LogP contribution in [0.5, 0.6) is 5.75 Å². The maximum Gasteiger partial charge on any atom is 0.171 e. The van der Waals surface area contributed by atoms with Crippen LogP contribution < -0.4 is 4.74 Å². The minimum absolute atomic E-state index is 0.817. The third kappa shape index (κ3) is 2.59. The van der Waals surface area contributed by atoms with Gasteiger partial charge in [0.15, 0.2) is 5.16 Å². The first-order chi connectivity index (χ1) is 9.26. The summed E-state index contributed by atoms with van der Waals surface area (Å²) >= 11 is 5.03. The van der Waals surface area contributed by atoms with E-state index >= 15 is 0 Å². The van der Waals surface area contributed by atoms with Crippen molar-refractivity contribution in [1.82, 2.24) is 15.0 Å². The summed E-state index contributed by atoms with van der Waals surface area (Å²) in [6.45, 7) is 0. The van der Waals surface area contributed by atoms with Gasteiger partial charge in [0.05, 0.1) is 18.1 Å². The Labute approximate surface area is 122 Å². The normalized spacial score (nSPS) is 10.8. The Kier molecular flexibility index (Phi) is 3.44. The number of fused-ring (bicyclic) bond motifs is 1. The maximum absolute atomic E-state index is 5.20. The molecule has 4 nitrogen and oxygen atoms in total. The number of rotatable bonds is 3. The Bertz CT molecular complexity index is 729. The largest absolute Gasteiger partial charge is 0.497 e. The fourth-order valence-corrected chi connectivity index (χ4v) is 2.98. The Morgan fingerprint density at radius 2 is 2.21 bits per heavy atom. The van der Waals surface area contributed by atoms with Crippen LogP contribution >= 0.6 is 27.7 Å². The predicted molar refractivity (Wildman–Crippen MR) is 78.7 cm³/mol. The summed E-state index contributed by atoms with van der Waals surface area (Å²) in [6.07, 6.45) is 3.53. The van der Waals surface area contributed by atoms with E-state index in [9.17, 15) is 0 Å². The van der Waals surface area contributed by atoms with Crippen molar-refractivity contribution in [2.75, 3.05) is 7.11 Å². The number of hydrogen-bond acceptors (Lipinski definition) is 4. The number of benzene rings is 1. The number of nitrogens with zero attached hydrogens (tertiary/aromatic N) is 2. The van der Waals surface area contributed by atoms with Gasteiger partial charge in [-0.3, -0.25) is 4.98 Å². The molecule has 0 spiro atoms. The number of H-pyrrole nitrogens is 1. The minimum atomic E-state index is 0.817. The molecule has 0 aliphatic heterocycles. The van der Waals surface area contributed by atoms with Gasteiger partial charge >= 0.3 is 0 Å². The lowest BCUT2D eigenvalue weighted by atomic mass is 10.3. The molecule has 0 fully saturated rings. The summed E-state index contributed by atoms with van der Waals surface area (Å²) in [4.78, 5) is 12.9. The topological polar surface area (TPSA) is 50.8 Å². The Hall–Kier alpha value is -1.53. The average Bonchev–Trinajstić information content (AvgIpc) is 2.82. The van der Waals surface area contributed by atoms with Gasteiger partial charge in [-0.25, -0.2) is 4.98 Å². The Morgan fingerprint density at radius 1 is 1.32 bits per heavy atom. The van der Waals surface area contributed by atoms with Crippen molar-refractivity contribution in [2.24, 2.45) is 0 Å². The van der Waals surface area contributed by atoms with E-state index in [-0.39, 0.29) is 0 Å². The molecule has 0 unspecified atom stereocenters. The molecule has 96 valence electrons. The quantitative estimate of drug-likeness (QED) is 0.789. The van der Waals surface area contributed by atoms with Gasteiger partial charge in [0.1, 0.15) is 5.75 Å². The standard InChI is InChI=1S/C13H10BrN3OS/c1-18-8-2-3-10-11(6-8)17-13(16-10)19-12-4-5-15-7-9(12)14/h2-7H,1H3,(H,16,17). The van der Waals surface area contributed by atoms with Gasteiger partial charge in [-0.05, 0) is 34.1 Å². The van der Waals surface area contributed by atoms with Crippen LogP contribution in [-0.4, -0.2) is 22.1 Å². The highest BCUT2D eigenvalue weighted by Gasteiger charge is 2.07. The molecule has 0 bridgehead atoms. The molecule has 0 amide bonds. The van der Waals surface area contributed by atoms with Crippen molar-refractivity contribution >= 4 is 38.7 Å². The van der Waals surface area contributed by atoms with E-state index in [1.54, 1.807) is 31.3 Å². The highest BCUT2D eigenvalue weighted by molar-refractivity contribution is 9.10. The number of ether oxygens (including phenoxy) is 1. The van der Waals surface area contributed by atoms with Crippen molar-refractivity contribution in [1.29, 1.82) is 0 Å². The summed E-state index contributed by atoms with van der Waals surface area (Å²) in [5.41, 5.74) is 1.89. The van der Waals surface area contributed by atoms with Gasteiger partial charge in [0, 0.05) is 27.8 Å². The van der Waals surface area contributed by atoms with Gasteiger partial charge in [-0.15, -0.1) is 0 Å². The second kappa shape index (κ2) is 5.22. The average molecular weight is 336 g/mol. The molecule has 1 N–H and O–H groups in total. The number of aromatic nitrogens is 3. The highest BCUT2D eigenvalue weighted by Crippen LogP contribution is 2.32. The van der Waals surface area contributed by atoms with E-state index in [4.69, 9.17) is 4.74 Å². The first-order valence-corrected chi connectivity index (χ1v) is 7.18. The zero-order valence-corrected chi connectivity index (χ0v) is 12.5. The summed E-state index contributed by atoms with van der Waals surface area (Å²) < 4.78 is 6.16. The number of hydrogen-bond donors (Lipinski definition) is 1. The Balaban J connectivity index is 1.95. The van der Waals surface area contributed by atoms with E-state index < -0.39 is 0 Å². The van der Waals surface area contributed by atoms with Crippen LogP contribution in [-0.2, 0) is 0 Å². The van der Waals surface area contributed by atoms with E-state index in [0.717, 1.165) is 31.3 Å². The van der Waals surface area contributed by atoms with Crippen LogP contribution in [0.15, 0.2) is 51.2 Å². The van der Waals surface area contributed by atoms with Gasteiger partial charge < -0.3 is 9.72 Å². The molecular formula is C13H10BrN3OS. The number of aromatic amines is 1. The zero-order valence-electron chi connectivity index (χ0n) is 10.1. The third-order valence-corrected chi connectivity index (χ3v) is 4.47. The molecule has 2 aromatic heterocycles. The second-order valence-electron chi connectivity index (χ2n) is 3.83. The number of nitrogens with one attached hydrogen (secondary N) is 1. The number of halogens is 1. The molecule has 0 saturated carbocycles. The van der Waals surface area contributed by atoms with Crippen molar-refractivity contribution in [3.63, 3.8) is 0 Å². The Morgan fingerprint density at radius 3 is 3.00 bits per heavy atom. The maximum atomic E-state index is 5.20. The third-order valence-electron chi connectivity index (χ3n) is 2.61. The minimum Gasteiger partial charge on any atom is -0.497 e. The van der Waals surface area contributed by atoms with Crippen molar-refractivity contribution in [2.45, 2.75) is 10.1 Å². The zero-order chi connectivity index (χ0) is 13.2. The summed E-state index contributed by atoms with van der Waals surface area (Å²) in [6, 6.07) is 7.73. The predicted octanol–water partition coefficient (Wildman–Crippen LogP) is 3.88. The molecule has 3 rings (SSSR count). The molecule has 2 heterocycles. The summed E-state index contributed by atoms with van der Waals surface area (Å²) in [7, 11) is 1.65. The first kappa shape index (κ1) is 12.5. The lowest BCUT2D eigenvalue weighted by Crippen LogP contribution is -1.81. The molecule has 6 heteroatoms. The van der Waals surface area contributed by atoms with Crippen LogP contribution in [0.3, 0.4) is 0 Å². The fraction of sp³-hybridized carbons (Fsp3) is 0.0769. The molecule has 0 aliphatic rings. The monoisotopic (exact) mass is 335 g/mol. The van der Waals surface area contributed by atoms with Gasteiger partial charge in [-0.2, -0.15) is 0 Å².